The molecule has 0 atom stereocenters. The Morgan fingerprint density at radius 3 is 2.33 bits per heavy atom. The van der Waals surface area contributed by atoms with Gasteiger partial charge in [0.05, 0.1) is 5.56 Å². The average Bonchev–Trinajstić information content (AvgIpc) is 2.48. The fourth-order valence-electron chi connectivity index (χ4n) is 1.73. The lowest BCUT2D eigenvalue weighted by Gasteiger charge is -2.25. The van der Waals surface area contributed by atoms with Gasteiger partial charge in [-0.2, -0.15) is 0 Å². The van der Waals surface area contributed by atoms with Crippen LogP contribution in [0.4, 0.5) is 0 Å². The molecule has 0 saturated heterocycles. The van der Waals surface area contributed by atoms with E-state index in [-0.39, 0.29) is 11.6 Å². The SMILES string of the molecule is CCC(C)(C)Oc1cccc(OC(=O)c2ccccc2)c1. The molecule has 0 aliphatic rings. The van der Waals surface area contributed by atoms with Gasteiger partial charge in [-0.1, -0.05) is 31.2 Å². The zero-order chi connectivity index (χ0) is 15.3. The van der Waals surface area contributed by atoms with Gasteiger partial charge < -0.3 is 9.47 Å². The highest BCUT2D eigenvalue weighted by Crippen LogP contribution is 2.25. The Hall–Kier alpha value is -2.29. The van der Waals surface area contributed by atoms with Crippen molar-refractivity contribution in [3.8, 4) is 11.5 Å². The summed E-state index contributed by atoms with van der Waals surface area (Å²) in [6.07, 6.45) is 0.890. The molecule has 0 radical (unpaired) electrons. The molecule has 0 bridgehead atoms. The minimum Gasteiger partial charge on any atom is -0.488 e. The minimum atomic E-state index is -0.373. The van der Waals surface area contributed by atoms with Crippen LogP contribution in [0.2, 0.25) is 0 Å². The highest BCUT2D eigenvalue weighted by molar-refractivity contribution is 5.90. The van der Waals surface area contributed by atoms with E-state index in [4.69, 9.17) is 9.47 Å². The molecule has 0 aliphatic carbocycles. The Balaban J connectivity index is 2.10. The third-order valence-electron chi connectivity index (χ3n) is 3.27. The van der Waals surface area contributed by atoms with Crippen molar-refractivity contribution >= 4 is 5.97 Å². The van der Waals surface area contributed by atoms with Crippen LogP contribution in [0.1, 0.15) is 37.6 Å². The van der Waals surface area contributed by atoms with Crippen molar-refractivity contribution in [1.29, 1.82) is 0 Å². The van der Waals surface area contributed by atoms with E-state index in [2.05, 4.69) is 6.92 Å². The molecule has 110 valence electrons. The zero-order valence-corrected chi connectivity index (χ0v) is 12.6. The quantitative estimate of drug-likeness (QED) is 0.600. The fourth-order valence-corrected chi connectivity index (χ4v) is 1.73. The van der Waals surface area contributed by atoms with E-state index in [0.717, 1.165) is 6.42 Å². The van der Waals surface area contributed by atoms with Crippen molar-refractivity contribution in [3.05, 3.63) is 60.2 Å². The van der Waals surface area contributed by atoms with Crippen LogP contribution in [0.15, 0.2) is 54.6 Å². The van der Waals surface area contributed by atoms with E-state index in [1.165, 1.54) is 0 Å². The second-order valence-corrected chi connectivity index (χ2v) is 5.45. The Labute approximate surface area is 125 Å². The first kappa shape index (κ1) is 15.1. The fraction of sp³-hybridized carbons (Fsp3) is 0.278. The van der Waals surface area contributed by atoms with Crippen molar-refractivity contribution < 1.29 is 14.3 Å². The van der Waals surface area contributed by atoms with Gasteiger partial charge in [0.25, 0.3) is 0 Å². The predicted octanol–water partition coefficient (Wildman–Crippen LogP) is 4.47. The van der Waals surface area contributed by atoms with Crippen LogP contribution >= 0.6 is 0 Å². The summed E-state index contributed by atoms with van der Waals surface area (Å²) in [4.78, 5) is 12.0. The molecule has 3 nitrogen and oxygen atoms in total. The summed E-state index contributed by atoms with van der Waals surface area (Å²) in [7, 11) is 0. The number of rotatable bonds is 5. The monoisotopic (exact) mass is 284 g/mol. The Morgan fingerprint density at radius 1 is 1.00 bits per heavy atom. The van der Waals surface area contributed by atoms with Gasteiger partial charge in [-0.25, -0.2) is 4.79 Å². The third kappa shape index (κ3) is 4.35. The first-order valence-electron chi connectivity index (χ1n) is 7.06. The number of benzene rings is 2. The molecule has 21 heavy (non-hydrogen) atoms. The first-order chi connectivity index (χ1) is 10.00. The summed E-state index contributed by atoms with van der Waals surface area (Å²) in [6.45, 7) is 6.12. The molecule has 0 saturated carbocycles. The zero-order valence-electron chi connectivity index (χ0n) is 12.6. The molecule has 0 amide bonds. The minimum absolute atomic E-state index is 0.248. The van der Waals surface area contributed by atoms with E-state index < -0.39 is 0 Å². The predicted molar refractivity (Wildman–Crippen MR) is 82.8 cm³/mol. The first-order valence-corrected chi connectivity index (χ1v) is 7.06. The van der Waals surface area contributed by atoms with Gasteiger partial charge in [-0.15, -0.1) is 0 Å². The highest BCUT2D eigenvalue weighted by Gasteiger charge is 2.17. The van der Waals surface area contributed by atoms with Crippen LogP contribution in [-0.4, -0.2) is 11.6 Å². The van der Waals surface area contributed by atoms with Gasteiger partial charge in [0.2, 0.25) is 0 Å². The maximum Gasteiger partial charge on any atom is 0.343 e. The lowest BCUT2D eigenvalue weighted by atomic mass is 10.1. The molecule has 3 heteroatoms. The molecule has 2 aromatic carbocycles. The van der Waals surface area contributed by atoms with Crippen molar-refractivity contribution in [2.75, 3.05) is 0 Å². The Bertz CT molecular complexity index is 603. The molecular weight excluding hydrogens is 264 g/mol. The number of esters is 1. The van der Waals surface area contributed by atoms with Crippen LogP contribution in [0.5, 0.6) is 11.5 Å². The largest absolute Gasteiger partial charge is 0.488 e. The lowest BCUT2D eigenvalue weighted by Crippen LogP contribution is -2.26. The van der Waals surface area contributed by atoms with E-state index in [1.807, 2.05) is 32.0 Å². The molecular formula is C18H20O3. The average molecular weight is 284 g/mol. The summed E-state index contributed by atoms with van der Waals surface area (Å²) < 4.78 is 11.3. The van der Waals surface area contributed by atoms with Crippen LogP contribution in [0.25, 0.3) is 0 Å². The maximum absolute atomic E-state index is 12.0. The summed E-state index contributed by atoms with van der Waals surface area (Å²) in [6, 6.07) is 16.1. The number of hydrogen-bond acceptors (Lipinski definition) is 3. The van der Waals surface area contributed by atoms with Gasteiger partial charge in [0.15, 0.2) is 0 Å². The normalized spacial score (nSPS) is 11.0. The molecule has 0 spiro atoms. The maximum atomic E-state index is 12.0. The molecule has 0 unspecified atom stereocenters. The van der Waals surface area contributed by atoms with Gasteiger partial charge in [-0.05, 0) is 44.5 Å². The third-order valence-corrected chi connectivity index (χ3v) is 3.27. The van der Waals surface area contributed by atoms with Crippen molar-refractivity contribution in [2.24, 2.45) is 0 Å². The molecule has 2 rings (SSSR count). The summed E-state index contributed by atoms with van der Waals surface area (Å²) in [5.74, 6) is 0.802. The van der Waals surface area contributed by atoms with E-state index in [1.54, 1.807) is 36.4 Å². The molecule has 0 N–H and O–H groups in total. The van der Waals surface area contributed by atoms with Crippen molar-refractivity contribution in [2.45, 2.75) is 32.8 Å². The van der Waals surface area contributed by atoms with E-state index in [9.17, 15) is 4.79 Å². The molecule has 0 aliphatic heterocycles. The topological polar surface area (TPSA) is 35.5 Å². The highest BCUT2D eigenvalue weighted by atomic mass is 16.5. The second kappa shape index (κ2) is 6.44. The Kier molecular flexibility index (Phi) is 4.63. The summed E-state index contributed by atoms with van der Waals surface area (Å²) in [5.41, 5.74) is 0.278. The van der Waals surface area contributed by atoms with Crippen molar-refractivity contribution in [3.63, 3.8) is 0 Å². The van der Waals surface area contributed by atoms with Crippen LogP contribution < -0.4 is 9.47 Å². The van der Waals surface area contributed by atoms with Gasteiger partial charge in [0, 0.05) is 6.07 Å². The molecule has 0 aromatic heterocycles. The molecule has 0 heterocycles. The lowest BCUT2D eigenvalue weighted by molar-refractivity contribution is 0.0732. The number of carbonyl (C=O) groups excluding carboxylic acids is 1. The number of hydrogen-bond donors (Lipinski definition) is 0. The number of carbonyl (C=O) groups is 1. The van der Waals surface area contributed by atoms with E-state index in [0.29, 0.717) is 17.1 Å². The van der Waals surface area contributed by atoms with Gasteiger partial charge in [0.1, 0.15) is 17.1 Å². The summed E-state index contributed by atoms with van der Waals surface area (Å²) >= 11 is 0. The molecule has 0 fully saturated rings. The number of ether oxygens (including phenoxy) is 2. The van der Waals surface area contributed by atoms with E-state index >= 15 is 0 Å². The van der Waals surface area contributed by atoms with Crippen LogP contribution in [0.3, 0.4) is 0 Å². The van der Waals surface area contributed by atoms with Crippen LogP contribution in [-0.2, 0) is 0 Å². The molecule has 2 aromatic rings. The smallest absolute Gasteiger partial charge is 0.343 e. The second-order valence-electron chi connectivity index (χ2n) is 5.45. The standard InChI is InChI=1S/C18H20O3/c1-4-18(2,3)21-16-12-8-11-15(13-16)20-17(19)14-9-6-5-7-10-14/h5-13H,4H2,1-3H3. The van der Waals surface area contributed by atoms with Crippen molar-refractivity contribution in [1.82, 2.24) is 0 Å². The van der Waals surface area contributed by atoms with Crippen LogP contribution in [0, 0.1) is 0 Å². The van der Waals surface area contributed by atoms with Gasteiger partial charge >= 0.3 is 5.97 Å². The summed E-state index contributed by atoms with van der Waals surface area (Å²) in [5, 5.41) is 0. The Morgan fingerprint density at radius 2 is 1.67 bits per heavy atom. The van der Waals surface area contributed by atoms with Gasteiger partial charge in [-0.3, -0.25) is 0 Å².